The molecule has 1 aliphatic heterocycles. The zero-order valence-electron chi connectivity index (χ0n) is 15.6. The van der Waals surface area contributed by atoms with Crippen LogP contribution < -0.4 is 15.7 Å². The van der Waals surface area contributed by atoms with E-state index in [4.69, 9.17) is 13.9 Å². The minimum absolute atomic E-state index is 0.0515. The van der Waals surface area contributed by atoms with Crippen LogP contribution in [0.2, 0.25) is 0 Å². The maximum absolute atomic E-state index is 12.7. The number of nitrogens with one attached hydrogen (secondary N) is 1. The smallest absolute Gasteiger partial charge is 0.349 e. The van der Waals surface area contributed by atoms with Crippen molar-refractivity contribution in [2.24, 2.45) is 0 Å². The van der Waals surface area contributed by atoms with Crippen molar-refractivity contribution in [1.29, 1.82) is 0 Å². The minimum Gasteiger partial charge on any atom is -0.489 e. The van der Waals surface area contributed by atoms with Gasteiger partial charge in [0.15, 0.2) is 0 Å². The van der Waals surface area contributed by atoms with Crippen LogP contribution >= 0.6 is 0 Å². The number of fused-ring (bicyclic) bond motifs is 1. The van der Waals surface area contributed by atoms with Crippen molar-refractivity contribution in [3.8, 4) is 5.75 Å². The molecular formula is C22H21NO5. The Morgan fingerprint density at radius 2 is 2.07 bits per heavy atom. The van der Waals surface area contributed by atoms with Crippen LogP contribution in [0, 0.1) is 6.92 Å². The van der Waals surface area contributed by atoms with Gasteiger partial charge in [-0.1, -0.05) is 24.3 Å². The highest BCUT2D eigenvalue weighted by Gasteiger charge is 2.19. The topological polar surface area (TPSA) is 77.8 Å². The highest BCUT2D eigenvalue weighted by molar-refractivity contribution is 6.06. The average Bonchev–Trinajstić information content (AvgIpc) is 3.21. The summed E-state index contributed by atoms with van der Waals surface area (Å²) in [5.41, 5.74) is 1.22. The molecule has 1 aliphatic rings. The van der Waals surface area contributed by atoms with Crippen LogP contribution in [-0.2, 0) is 4.74 Å². The third-order valence-electron chi connectivity index (χ3n) is 4.72. The van der Waals surface area contributed by atoms with Crippen LogP contribution in [0.15, 0.2) is 57.7 Å². The summed E-state index contributed by atoms with van der Waals surface area (Å²) in [5.74, 6) is 0.0133. The first-order valence-electron chi connectivity index (χ1n) is 9.29. The lowest BCUT2D eigenvalue weighted by Gasteiger charge is -2.16. The monoisotopic (exact) mass is 379 g/mol. The first-order chi connectivity index (χ1) is 13.6. The van der Waals surface area contributed by atoms with Crippen molar-refractivity contribution >= 4 is 22.6 Å². The molecule has 0 radical (unpaired) electrons. The highest BCUT2D eigenvalue weighted by atomic mass is 16.5. The Morgan fingerprint density at radius 1 is 1.21 bits per heavy atom. The van der Waals surface area contributed by atoms with E-state index in [0.717, 1.165) is 25.0 Å². The van der Waals surface area contributed by atoms with Gasteiger partial charge in [-0.25, -0.2) is 4.79 Å². The molecule has 1 saturated heterocycles. The van der Waals surface area contributed by atoms with Gasteiger partial charge in [-0.05, 0) is 49.6 Å². The minimum atomic E-state index is -0.676. The van der Waals surface area contributed by atoms with Crippen molar-refractivity contribution in [3.63, 3.8) is 0 Å². The molecule has 1 atom stereocenters. The Morgan fingerprint density at radius 3 is 2.89 bits per heavy atom. The fraction of sp³-hybridized carbons (Fsp3) is 0.273. The third-order valence-corrected chi connectivity index (χ3v) is 4.72. The number of aryl methyl sites for hydroxylation is 1. The van der Waals surface area contributed by atoms with E-state index in [0.29, 0.717) is 29.0 Å². The summed E-state index contributed by atoms with van der Waals surface area (Å²) >= 11 is 0. The van der Waals surface area contributed by atoms with Crippen LogP contribution in [0.25, 0.3) is 11.0 Å². The number of carbonyl (C=O) groups is 1. The van der Waals surface area contributed by atoms with Gasteiger partial charge in [-0.15, -0.1) is 0 Å². The number of hydrogen-bond donors (Lipinski definition) is 1. The lowest BCUT2D eigenvalue weighted by molar-refractivity contribution is 0.0681. The van der Waals surface area contributed by atoms with E-state index < -0.39 is 11.5 Å². The van der Waals surface area contributed by atoms with Crippen LogP contribution in [-0.4, -0.2) is 25.2 Å². The molecule has 1 fully saturated rings. The van der Waals surface area contributed by atoms with Gasteiger partial charge in [-0.3, -0.25) is 4.79 Å². The van der Waals surface area contributed by atoms with Crippen molar-refractivity contribution in [2.75, 3.05) is 18.5 Å². The number of para-hydroxylation sites is 1. The number of anilines is 1. The quantitative estimate of drug-likeness (QED) is 0.680. The molecule has 144 valence electrons. The van der Waals surface area contributed by atoms with Gasteiger partial charge >= 0.3 is 5.63 Å². The molecule has 1 aromatic heterocycles. The average molecular weight is 379 g/mol. The summed E-state index contributed by atoms with van der Waals surface area (Å²) in [4.78, 5) is 25.0. The van der Waals surface area contributed by atoms with E-state index in [9.17, 15) is 9.59 Å². The van der Waals surface area contributed by atoms with Gasteiger partial charge in [-0.2, -0.15) is 0 Å². The molecule has 6 heteroatoms. The Labute approximate surface area is 162 Å². The van der Waals surface area contributed by atoms with Crippen molar-refractivity contribution in [3.05, 3.63) is 70.1 Å². The van der Waals surface area contributed by atoms with Gasteiger partial charge in [0.25, 0.3) is 5.91 Å². The molecule has 2 aromatic carbocycles. The van der Waals surface area contributed by atoms with Crippen LogP contribution in [0.3, 0.4) is 0 Å². The second kappa shape index (κ2) is 7.86. The van der Waals surface area contributed by atoms with Crippen molar-refractivity contribution < 1.29 is 18.7 Å². The van der Waals surface area contributed by atoms with E-state index in [1.54, 1.807) is 24.3 Å². The molecule has 1 N–H and O–H groups in total. The normalized spacial score (nSPS) is 16.2. The van der Waals surface area contributed by atoms with E-state index in [2.05, 4.69) is 5.32 Å². The van der Waals surface area contributed by atoms with Gasteiger partial charge in [0, 0.05) is 12.0 Å². The lowest BCUT2D eigenvalue weighted by atomic mass is 10.1. The first kappa shape index (κ1) is 18.3. The Hall–Kier alpha value is -3.12. The molecule has 3 aromatic rings. The lowest BCUT2D eigenvalue weighted by Crippen LogP contribution is -2.22. The van der Waals surface area contributed by atoms with E-state index >= 15 is 0 Å². The number of hydrogen-bond acceptors (Lipinski definition) is 5. The zero-order valence-corrected chi connectivity index (χ0v) is 15.6. The number of amides is 1. The molecule has 2 heterocycles. The Kier molecular flexibility index (Phi) is 5.12. The SMILES string of the molecule is Cc1ccc(NC(=O)c2cc3ccccc3oc2=O)c(OC[C@@H]2CCCO2)c1. The molecule has 0 bridgehead atoms. The third kappa shape index (κ3) is 3.92. The standard InChI is InChI=1S/C22H21NO5/c1-14-8-9-18(20(11-14)27-13-16-6-4-10-26-16)23-21(24)17-12-15-5-2-3-7-19(15)28-22(17)25/h2-3,5,7-9,11-12,16H,4,6,10,13H2,1H3,(H,23,24)/t16-/m0/s1. The van der Waals surface area contributed by atoms with Crippen LogP contribution in [0.4, 0.5) is 5.69 Å². The first-order valence-corrected chi connectivity index (χ1v) is 9.29. The Bertz CT molecular complexity index is 1070. The number of ether oxygens (including phenoxy) is 2. The summed E-state index contributed by atoms with van der Waals surface area (Å²) in [6.07, 6.45) is 2.06. The molecule has 4 rings (SSSR count). The van der Waals surface area contributed by atoms with Crippen molar-refractivity contribution in [2.45, 2.75) is 25.9 Å². The Balaban J connectivity index is 1.57. The molecule has 0 spiro atoms. The molecule has 0 aliphatic carbocycles. The number of rotatable bonds is 5. The second-order valence-corrected chi connectivity index (χ2v) is 6.89. The van der Waals surface area contributed by atoms with Crippen molar-refractivity contribution in [1.82, 2.24) is 0 Å². The molecular weight excluding hydrogens is 358 g/mol. The predicted octanol–water partition coefficient (Wildman–Crippen LogP) is 3.91. The van der Waals surface area contributed by atoms with Gasteiger partial charge in [0.2, 0.25) is 0 Å². The fourth-order valence-corrected chi connectivity index (χ4v) is 3.22. The molecule has 1 amide bonds. The van der Waals surface area contributed by atoms with Gasteiger partial charge in [0.1, 0.15) is 23.5 Å². The largest absolute Gasteiger partial charge is 0.489 e. The maximum Gasteiger partial charge on any atom is 0.349 e. The summed E-state index contributed by atoms with van der Waals surface area (Å²) in [7, 11) is 0. The predicted molar refractivity (Wildman–Crippen MR) is 106 cm³/mol. The molecule has 28 heavy (non-hydrogen) atoms. The van der Waals surface area contributed by atoms with Gasteiger partial charge < -0.3 is 19.2 Å². The second-order valence-electron chi connectivity index (χ2n) is 6.89. The summed E-state index contributed by atoms with van der Waals surface area (Å²) in [6.45, 7) is 3.12. The number of carbonyl (C=O) groups excluding carboxylic acids is 1. The summed E-state index contributed by atoms with van der Waals surface area (Å²) in [6, 6.07) is 14.1. The van der Waals surface area contributed by atoms with Crippen LogP contribution in [0.5, 0.6) is 5.75 Å². The van der Waals surface area contributed by atoms with Crippen LogP contribution in [0.1, 0.15) is 28.8 Å². The maximum atomic E-state index is 12.7. The summed E-state index contributed by atoms with van der Waals surface area (Å²) in [5, 5.41) is 3.46. The molecule has 0 unspecified atom stereocenters. The summed E-state index contributed by atoms with van der Waals surface area (Å²) < 4.78 is 16.7. The van der Waals surface area contributed by atoms with E-state index in [1.165, 1.54) is 6.07 Å². The highest BCUT2D eigenvalue weighted by Crippen LogP contribution is 2.27. The fourth-order valence-electron chi connectivity index (χ4n) is 3.22. The zero-order chi connectivity index (χ0) is 19.5. The van der Waals surface area contributed by atoms with E-state index in [-0.39, 0.29) is 11.7 Å². The number of benzene rings is 2. The molecule has 0 saturated carbocycles. The molecule has 6 nitrogen and oxygen atoms in total. The van der Waals surface area contributed by atoms with E-state index in [1.807, 2.05) is 25.1 Å². The van der Waals surface area contributed by atoms with Gasteiger partial charge in [0.05, 0.1) is 11.8 Å².